The van der Waals surface area contributed by atoms with Gasteiger partial charge in [-0.25, -0.2) is 0 Å². The van der Waals surface area contributed by atoms with Gasteiger partial charge >= 0.3 is 0 Å². The van der Waals surface area contributed by atoms with Crippen molar-refractivity contribution in [2.45, 2.75) is 81.1 Å². The number of hydroxylamine groups is 2. The van der Waals surface area contributed by atoms with Crippen LogP contribution in [0.2, 0.25) is 0 Å². The summed E-state index contributed by atoms with van der Waals surface area (Å²) in [5.74, 6) is -0.364. The number of fused-ring (bicyclic) bond motifs is 2. The second-order valence-electron chi connectivity index (χ2n) is 6.88. The maximum atomic E-state index is 9.94. The van der Waals surface area contributed by atoms with Crippen molar-refractivity contribution in [2.75, 3.05) is 13.2 Å². The van der Waals surface area contributed by atoms with E-state index in [0.717, 1.165) is 25.7 Å². The summed E-state index contributed by atoms with van der Waals surface area (Å²) in [6, 6.07) is 0.0153. The Kier molecular flexibility index (Phi) is 3.72. The average molecular weight is 299 g/mol. The van der Waals surface area contributed by atoms with Gasteiger partial charge in [-0.2, -0.15) is 5.06 Å². The van der Waals surface area contributed by atoms with Crippen molar-refractivity contribution in [3.05, 3.63) is 0 Å². The molecule has 4 aliphatic rings. The second-order valence-corrected chi connectivity index (χ2v) is 6.88. The first-order valence-corrected chi connectivity index (χ1v) is 8.26. The van der Waals surface area contributed by atoms with Crippen LogP contribution in [0.15, 0.2) is 0 Å². The summed E-state index contributed by atoms with van der Waals surface area (Å²) in [5.41, 5.74) is 0. The monoisotopic (exact) mass is 299 g/mol. The molecule has 0 aromatic rings. The third-order valence-corrected chi connectivity index (χ3v) is 5.49. The molecule has 2 N–H and O–H groups in total. The highest BCUT2D eigenvalue weighted by Gasteiger charge is 2.54. The molecule has 3 saturated heterocycles. The fraction of sp³-hybridized carbons (Fsp3) is 1.00. The number of rotatable bonds is 3. The van der Waals surface area contributed by atoms with Gasteiger partial charge in [-0.15, -0.1) is 0 Å². The third-order valence-electron chi connectivity index (χ3n) is 5.49. The minimum atomic E-state index is -0.747. The maximum Gasteiger partial charge on any atom is 0.168 e. The molecule has 6 nitrogen and oxygen atoms in total. The maximum absolute atomic E-state index is 9.94. The Hall–Kier alpha value is -0.240. The van der Waals surface area contributed by atoms with Crippen molar-refractivity contribution in [3.8, 4) is 0 Å². The zero-order valence-electron chi connectivity index (χ0n) is 12.3. The van der Waals surface area contributed by atoms with Crippen LogP contribution < -0.4 is 0 Å². The first kappa shape index (κ1) is 14.4. The largest absolute Gasteiger partial charge is 0.394 e. The molecule has 6 atom stereocenters. The Labute approximate surface area is 124 Å². The Bertz CT molecular complexity index is 386. The minimum Gasteiger partial charge on any atom is -0.394 e. The van der Waals surface area contributed by atoms with Crippen LogP contribution >= 0.6 is 0 Å². The summed E-state index contributed by atoms with van der Waals surface area (Å²) >= 11 is 0. The quantitative estimate of drug-likeness (QED) is 0.793. The van der Waals surface area contributed by atoms with Gasteiger partial charge in [0.1, 0.15) is 6.10 Å². The van der Waals surface area contributed by atoms with Gasteiger partial charge in [-0.3, -0.25) is 4.84 Å². The Morgan fingerprint density at radius 1 is 1.19 bits per heavy atom. The van der Waals surface area contributed by atoms with Crippen molar-refractivity contribution < 1.29 is 24.5 Å². The van der Waals surface area contributed by atoms with E-state index < -0.39 is 6.10 Å². The summed E-state index contributed by atoms with van der Waals surface area (Å²) in [6.07, 6.45) is 6.73. The van der Waals surface area contributed by atoms with E-state index in [9.17, 15) is 10.2 Å². The molecule has 1 aliphatic carbocycles. The van der Waals surface area contributed by atoms with Gasteiger partial charge in [0.05, 0.1) is 37.5 Å². The van der Waals surface area contributed by atoms with Crippen molar-refractivity contribution in [1.29, 1.82) is 0 Å². The highest BCUT2D eigenvalue weighted by Crippen LogP contribution is 2.44. The summed E-state index contributed by atoms with van der Waals surface area (Å²) < 4.78 is 12.3. The van der Waals surface area contributed by atoms with Crippen LogP contribution in [0.3, 0.4) is 0 Å². The number of hydrogen-bond donors (Lipinski definition) is 2. The van der Waals surface area contributed by atoms with Gasteiger partial charge < -0.3 is 19.7 Å². The summed E-state index contributed by atoms with van der Waals surface area (Å²) in [7, 11) is 0. The number of hydrogen-bond acceptors (Lipinski definition) is 6. The van der Waals surface area contributed by atoms with Crippen LogP contribution in [0, 0.1) is 0 Å². The lowest BCUT2D eigenvalue weighted by Crippen LogP contribution is -2.51. The summed E-state index contributed by atoms with van der Waals surface area (Å²) in [5, 5.41) is 21.0. The molecule has 4 fully saturated rings. The van der Waals surface area contributed by atoms with E-state index in [1.165, 1.54) is 19.3 Å². The van der Waals surface area contributed by atoms with Crippen molar-refractivity contribution in [1.82, 2.24) is 5.06 Å². The highest BCUT2D eigenvalue weighted by molar-refractivity contribution is 4.99. The summed E-state index contributed by atoms with van der Waals surface area (Å²) in [4.78, 5) is 5.84. The number of nitrogens with zero attached hydrogens (tertiary/aromatic N) is 1. The van der Waals surface area contributed by atoms with E-state index in [1.807, 2.05) is 5.06 Å². The Morgan fingerprint density at radius 3 is 2.71 bits per heavy atom. The topological polar surface area (TPSA) is 71.4 Å². The first-order valence-electron chi connectivity index (χ1n) is 8.26. The molecular weight excluding hydrogens is 274 g/mol. The van der Waals surface area contributed by atoms with Crippen LogP contribution in [-0.2, 0) is 14.3 Å². The second kappa shape index (κ2) is 5.44. The van der Waals surface area contributed by atoms with Gasteiger partial charge in [-0.05, 0) is 25.7 Å². The fourth-order valence-corrected chi connectivity index (χ4v) is 4.39. The number of ether oxygens (including phenoxy) is 2. The predicted octanol–water partition coefficient (Wildman–Crippen LogP) is 0.562. The van der Waals surface area contributed by atoms with Crippen molar-refractivity contribution in [3.63, 3.8) is 0 Å². The first-order chi connectivity index (χ1) is 10.2. The fourth-order valence-electron chi connectivity index (χ4n) is 4.39. The van der Waals surface area contributed by atoms with Crippen molar-refractivity contribution in [2.24, 2.45) is 0 Å². The smallest absolute Gasteiger partial charge is 0.168 e. The van der Waals surface area contributed by atoms with Crippen LogP contribution in [0.1, 0.15) is 44.9 Å². The molecule has 3 heterocycles. The van der Waals surface area contributed by atoms with Gasteiger partial charge in [0.15, 0.2) is 5.79 Å². The van der Waals surface area contributed by atoms with E-state index in [4.69, 9.17) is 14.3 Å². The zero-order chi connectivity index (χ0) is 14.4. The van der Waals surface area contributed by atoms with Gasteiger partial charge in [-0.1, -0.05) is 6.42 Å². The van der Waals surface area contributed by atoms with E-state index in [1.54, 1.807) is 0 Å². The lowest BCUT2D eigenvalue weighted by molar-refractivity contribution is -0.210. The average Bonchev–Trinajstić information content (AvgIpc) is 3.21. The molecule has 3 aliphatic heterocycles. The normalized spacial score (nSPS) is 46.3. The third kappa shape index (κ3) is 2.42. The molecule has 0 radical (unpaired) electrons. The molecule has 120 valence electrons. The van der Waals surface area contributed by atoms with Gasteiger partial charge in [0.2, 0.25) is 0 Å². The highest BCUT2D eigenvalue weighted by atomic mass is 16.8. The molecule has 4 rings (SSSR count). The van der Waals surface area contributed by atoms with Gasteiger partial charge in [0.25, 0.3) is 0 Å². The molecule has 0 aromatic carbocycles. The Morgan fingerprint density at radius 2 is 2.00 bits per heavy atom. The summed E-state index contributed by atoms with van der Waals surface area (Å²) in [6.45, 7) is 0.384. The molecular formula is C15H25NO5. The Balaban J connectivity index is 1.43. The lowest BCUT2D eigenvalue weighted by atomic mass is 9.92. The minimum absolute atomic E-state index is 0.0155. The van der Waals surface area contributed by atoms with Crippen LogP contribution in [0.4, 0.5) is 0 Å². The molecule has 6 heteroatoms. The van der Waals surface area contributed by atoms with Crippen LogP contribution in [-0.4, -0.2) is 64.7 Å². The van der Waals surface area contributed by atoms with Crippen LogP contribution in [0.25, 0.3) is 0 Å². The standard InChI is InChI=1S/C15H25NO5/c17-8-13(18)11-6-10-7-12(16(11)21-10)14-9-19-15(20-14)4-2-1-3-5-15/h10-14,17-18H,1-9H2/t10-,11-,12+,13?,14-/m1/s1. The zero-order valence-corrected chi connectivity index (χ0v) is 12.3. The van der Waals surface area contributed by atoms with Gasteiger partial charge in [0, 0.05) is 12.8 Å². The van der Waals surface area contributed by atoms with Crippen molar-refractivity contribution >= 4 is 0 Å². The number of aliphatic hydroxyl groups is 2. The molecule has 0 amide bonds. The van der Waals surface area contributed by atoms with E-state index >= 15 is 0 Å². The number of piperidine rings is 1. The molecule has 1 spiro atoms. The van der Waals surface area contributed by atoms with E-state index in [-0.39, 0.29) is 36.7 Å². The molecule has 0 aromatic heterocycles. The van der Waals surface area contributed by atoms with Crippen LogP contribution in [0.5, 0.6) is 0 Å². The molecule has 2 bridgehead atoms. The molecule has 21 heavy (non-hydrogen) atoms. The molecule has 2 unspecified atom stereocenters. The number of aliphatic hydroxyl groups excluding tert-OH is 2. The SMILES string of the molecule is OCC(O)[C@H]1C[C@@H]2C[C@@H]([C@H]3COC4(CCCCC4)O3)N1O2. The van der Waals surface area contributed by atoms with E-state index in [2.05, 4.69) is 0 Å². The molecule has 1 saturated carbocycles. The lowest BCUT2D eigenvalue weighted by Gasteiger charge is -2.36. The predicted molar refractivity (Wildman–Crippen MR) is 73.3 cm³/mol. The van der Waals surface area contributed by atoms with E-state index in [0.29, 0.717) is 6.61 Å².